The van der Waals surface area contributed by atoms with Crippen LogP contribution in [0.3, 0.4) is 0 Å². The molecular formula is C15H10Br2N2O2. The van der Waals surface area contributed by atoms with Crippen LogP contribution in [0, 0.1) is 11.3 Å². The molecule has 0 atom stereocenters. The molecule has 0 aliphatic heterocycles. The summed E-state index contributed by atoms with van der Waals surface area (Å²) in [6.45, 7) is 0. The van der Waals surface area contributed by atoms with Crippen LogP contribution in [0.2, 0.25) is 0 Å². The van der Waals surface area contributed by atoms with Gasteiger partial charge in [-0.2, -0.15) is 5.26 Å². The molecule has 0 aliphatic rings. The van der Waals surface area contributed by atoms with Gasteiger partial charge in [-0.3, -0.25) is 4.79 Å². The quantitative estimate of drug-likeness (QED) is 0.819. The van der Waals surface area contributed by atoms with Crippen molar-refractivity contribution < 1.29 is 9.53 Å². The van der Waals surface area contributed by atoms with E-state index in [-0.39, 0.29) is 5.91 Å². The number of nitrogens with one attached hydrogen (secondary N) is 1. The molecule has 2 aromatic carbocycles. The second-order valence-corrected chi connectivity index (χ2v) is 5.97. The largest absolute Gasteiger partial charge is 0.495 e. The van der Waals surface area contributed by atoms with Crippen LogP contribution in [0.15, 0.2) is 45.3 Å². The number of methoxy groups -OCH3 is 1. The maximum absolute atomic E-state index is 12.3. The predicted molar refractivity (Wildman–Crippen MR) is 87.5 cm³/mol. The van der Waals surface area contributed by atoms with E-state index in [4.69, 9.17) is 10.00 Å². The van der Waals surface area contributed by atoms with Crippen molar-refractivity contribution in [2.45, 2.75) is 0 Å². The van der Waals surface area contributed by atoms with E-state index in [2.05, 4.69) is 37.2 Å². The van der Waals surface area contributed by atoms with E-state index in [1.165, 1.54) is 7.11 Å². The van der Waals surface area contributed by atoms with Gasteiger partial charge in [-0.05, 0) is 30.3 Å². The Hall–Kier alpha value is -1.84. The van der Waals surface area contributed by atoms with Gasteiger partial charge >= 0.3 is 0 Å². The summed E-state index contributed by atoms with van der Waals surface area (Å²) in [6.07, 6.45) is 0. The van der Waals surface area contributed by atoms with Crippen molar-refractivity contribution in [1.82, 2.24) is 0 Å². The van der Waals surface area contributed by atoms with Crippen LogP contribution in [-0.2, 0) is 0 Å². The second-order valence-electron chi connectivity index (χ2n) is 4.14. The number of carbonyl (C=O) groups is 1. The average Bonchev–Trinajstić information content (AvgIpc) is 2.46. The average molecular weight is 410 g/mol. The lowest BCUT2D eigenvalue weighted by molar-refractivity contribution is 0.102. The molecule has 2 aromatic rings. The number of ether oxygens (including phenoxy) is 1. The van der Waals surface area contributed by atoms with Crippen molar-refractivity contribution in [3.05, 3.63) is 56.5 Å². The Bertz CT molecular complexity index is 719. The molecule has 0 aliphatic carbocycles. The Morgan fingerprint density at radius 2 is 1.86 bits per heavy atom. The monoisotopic (exact) mass is 408 g/mol. The van der Waals surface area contributed by atoms with E-state index in [0.717, 1.165) is 8.95 Å². The maximum atomic E-state index is 12.3. The third kappa shape index (κ3) is 3.84. The van der Waals surface area contributed by atoms with Crippen LogP contribution in [0.1, 0.15) is 15.9 Å². The first-order chi connectivity index (χ1) is 10.0. The molecule has 0 radical (unpaired) electrons. The number of hydrogen-bond acceptors (Lipinski definition) is 3. The molecule has 21 heavy (non-hydrogen) atoms. The van der Waals surface area contributed by atoms with Gasteiger partial charge in [0.25, 0.3) is 5.91 Å². The van der Waals surface area contributed by atoms with Gasteiger partial charge in [0.15, 0.2) is 0 Å². The van der Waals surface area contributed by atoms with Crippen LogP contribution in [0.25, 0.3) is 0 Å². The lowest BCUT2D eigenvalue weighted by Crippen LogP contribution is -2.12. The molecule has 4 nitrogen and oxygen atoms in total. The number of anilines is 1. The molecule has 1 N–H and O–H groups in total. The first kappa shape index (κ1) is 15.5. The Labute approximate surface area is 139 Å². The fourth-order valence-electron chi connectivity index (χ4n) is 1.74. The van der Waals surface area contributed by atoms with Crippen LogP contribution < -0.4 is 10.1 Å². The number of hydrogen-bond donors (Lipinski definition) is 1. The molecular weight excluding hydrogens is 400 g/mol. The normalized spacial score (nSPS) is 9.81. The molecule has 0 spiro atoms. The lowest BCUT2D eigenvalue weighted by atomic mass is 10.1. The van der Waals surface area contributed by atoms with E-state index in [1.807, 2.05) is 12.1 Å². The minimum atomic E-state index is -0.264. The number of nitriles is 1. The van der Waals surface area contributed by atoms with Crippen molar-refractivity contribution >= 4 is 43.5 Å². The van der Waals surface area contributed by atoms with Crippen molar-refractivity contribution in [3.63, 3.8) is 0 Å². The summed E-state index contributed by atoms with van der Waals surface area (Å²) in [5, 5.41) is 11.6. The zero-order valence-electron chi connectivity index (χ0n) is 11.0. The molecule has 0 unspecified atom stereocenters. The van der Waals surface area contributed by atoms with Crippen LogP contribution >= 0.6 is 31.9 Å². The molecule has 2 rings (SSSR count). The third-order valence-corrected chi connectivity index (χ3v) is 3.62. The summed E-state index contributed by atoms with van der Waals surface area (Å²) in [5.41, 5.74) is 1.48. The molecule has 106 valence electrons. The fraction of sp³-hybridized carbons (Fsp3) is 0.0667. The van der Waals surface area contributed by atoms with Crippen LogP contribution in [0.5, 0.6) is 5.75 Å². The Kier molecular flexibility index (Phi) is 4.99. The number of halogens is 2. The maximum Gasteiger partial charge on any atom is 0.255 e. The van der Waals surface area contributed by atoms with E-state index in [1.54, 1.807) is 30.3 Å². The smallest absolute Gasteiger partial charge is 0.255 e. The molecule has 0 bridgehead atoms. The molecule has 0 heterocycles. The number of benzene rings is 2. The van der Waals surface area contributed by atoms with Gasteiger partial charge in [-0.1, -0.05) is 31.9 Å². The van der Waals surface area contributed by atoms with Gasteiger partial charge in [-0.15, -0.1) is 0 Å². The van der Waals surface area contributed by atoms with Crippen LogP contribution in [0.4, 0.5) is 5.69 Å². The molecule has 1 amide bonds. The van der Waals surface area contributed by atoms with E-state index in [9.17, 15) is 4.79 Å². The highest BCUT2D eigenvalue weighted by Crippen LogP contribution is 2.27. The van der Waals surface area contributed by atoms with Gasteiger partial charge in [0.1, 0.15) is 5.75 Å². The van der Waals surface area contributed by atoms with Gasteiger partial charge in [-0.25, -0.2) is 0 Å². The lowest BCUT2D eigenvalue weighted by Gasteiger charge is -2.11. The van der Waals surface area contributed by atoms with Crippen molar-refractivity contribution in [1.29, 1.82) is 5.26 Å². The summed E-state index contributed by atoms with van der Waals surface area (Å²) in [7, 11) is 1.49. The summed E-state index contributed by atoms with van der Waals surface area (Å²) >= 11 is 6.69. The first-order valence-electron chi connectivity index (χ1n) is 5.89. The van der Waals surface area contributed by atoms with Crippen molar-refractivity contribution in [2.24, 2.45) is 0 Å². The second kappa shape index (κ2) is 6.74. The Morgan fingerprint density at radius 1 is 1.19 bits per heavy atom. The number of rotatable bonds is 3. The van der Waals surface area contributed by atoms with E-state index in [0.29, 0.717) is 22.6 Å². The minimum Gasteiger partial charge on any atom is -0.495 e. The number of nitrogens with zero attached hydrogens (tertiary/aromatic N) is 1. The molecule has 6 heteroatoms. The van der Waals surface area contributed by atoms with Gasteiger partial charge < -0.3 is 10.1 Å². The molecule has 0 saturated heterocycles. The minimum absolute atomic E-state index is 0.264. The van der Waals surface area contributed by atoms with Gasteiger partial charge in [0.05, 0.1) is 24.4 Å². The SMILES string of the molecule is COc1cc(C#N)ccc1NC(=O)c1cc(Br)cc(Br)c1. The van der Waals surface area contributed by atoms with Crippen molar-refractivity contribution in [3.8, 4) is 11.8 Å². The fourth-order valence-corrected chi connectivity index (χ4v) is 3.04. The third-order valence-electron chi connectivity index (χ3n) is 2.70. The summed E-state index contributed by atoms with van der Waals surface area (Å²) in [6, 6.07) is 12.1. The summed E-state index contributed by atoms with van der Waals surface area (Å²) in [4.78, 5) is 12.3. The number of amides is 1. The highest BCUT2D eigenvalue weighted by atomic mass is 79.9. The molecule has 0 saturated carbocycles. The highest BCUT2D eigenvalue weighted by molar-refractivity contribution is 9.11. The topological polar surface area (TPSA) is 62.1 Å². The van der Waals surface area contributed by atoms with Gasteiger partial charge in [0.2, 0.25) is 0 Å². The molecule has 0 aromatic heterocycles. The summed E-state index contributed by atoms with van der Waals surface area (Å²) in [5.74, 6) is 0.177. The Balaban J connectivity index is 2.29. The summed E-state index contributed by atoms with van der Waals surface area (Å²) < 4.78 is 6.79. The van der Waals surface area contributed by atoms with Crippen LogP contribution in [-0.4, -0.2) is 13.0 Å². The zero-order chi connectivity index (χ0) is 15.4. The van der Waals surface area contributed by atoms with Crippen molar-refractivity contribution in [2.75, 3.05) is 12.4 Å². The van der Waals surface area contributed by atoms with Gasteiger partial charge in [0, 0.05) is 20.6 Å². The van der Waals surface area contributed by atoms with E-state index < -0.39 is 0 Å². The predicted octanol–water partition coefficient (Wildman–Crippen LogP) is 4.34. The highest BCUT2D eigenvalue weighted by Gasteiger charge is 2.11. The zero-order valence-corrected chi connectivity index (χ0v) is 14.2. The first-order valence-corrected chi connectivity index (χ1v) is 7.47. The molecule has 0 fully saturated rings. The standard InChI is InChI=1S/C15H10Br2N2O2/c1-21-14-4-9(8-18)2-3-13(14)19-15(20)10-5-11(16)7-12(17)6-10/h2-7H,1H3,(H,19,20). The van der Waals surface area contributed by atoms with E-state index >= 15 is 0 Å². The number of carbonyl (C=O) groups excluding carboxylic acids is 1. The Morgan fingerprint density at radius 3 is 2.43 bits per heavy atom.